The van der Waals surface area contributed by atoms with Gasteiger partial charge in [-0.05, 0) is 0 Å². The third kappa shape index (κ3) is 8.39. The van der Waals surface area contributed by atoms with E-state index in [1.54, 1.807) is 6.92 Å². The lowest BCUT2D eigenvalue weighted by molar-refractivity contribution is -0.334. The smallest absolute Gasteiger partial charge is 0.339 e. The molecule has 2 fully saturated rings. The highest BCUT2D eigenvalue weighted by molar-refractivity contribution is 5.78. The van der Waals surface area contributed by atoms with Crippen LogP contribution in [0.4, 0.5) is 0 Å². The normalized spacial score (nSPS) is 33.0. The average Bonchev–Trinajstić information content (AvgIpc) is 3.33. The molecule has 0 radical (unpaired) electrons. The van der Waals surface area contributed by atoms with Crippen molar-refractivity contribution in [3.8, 4) is 0 Å². The maximum absolute atomic E-state index is 12.8. The van der Waals surface area contributed by atoms with Crippen LogP contribution in [0.15, 0.2) is 4.99 Å². The maximum Gasteiger partial charge on any atom is 0.339 e. The zero-order chi connectivity index (χ0) is 32.0. The van der Waals surface area contributed by atoms with Crippen molar-refractivity contribution in [3.05, 3.63) is 0 Å². The van der Waals surface area contributed by atoms with E-state index < -0.39 is 97.2 Å². The van der Waals surface area contributed by atoms with Crippen LogP contribution in [0.3, 0.4) is 0 Å². The second kappa shape index (κ2) is 14.6. The lowest BCUT2D eigenvalue weighted by Crippen LogP contribution is -2.66. The van der Waals surface area contributed by atoms with E-state index >= 15 is 0 Å². The van der Waals surface area contributed by atoms with Gasteiger partial charge >= 0.3 is 35.8 Å². The van der Waals surface area contributed by atoms with Gasteiger partial charge in [0.15, 0.2) is 42.7 Å². The summed E-state index contributed by atoms with van der Waals surface area (Å²) in [5.74, 6) is -4.79. The van der Waals surface area contributed by atoms with Gasteiger partial charge in [0, 0.05) is 41.0 Å². The van der Waals surface area contributed by atoms with E-state index in [0.29, 0.717) is 6.42 Å². The molecule has 0 N–H and O–H groups in total. The Kier molecular flexibility index (Phi) is 11.4. The minimum absolute atomic E-state index is 0.277. The Labute approximate surface area is 246 Å². The quantitative estimate of drug-likeness (QED) is 0.223. The first-order valence-corrected chi connectivity index (χ1v) is 13.3. The van der Waals surface area contributed by atoms with E-state index in [0.717, 1.165) is 34.8 Å². The summed E-state index contributed by atoms with van der Waals surface area (Å²) >= 11 is 0. The molecule has 0 spiro atoms. The van der Waals surface area contributed by atoms with Crippen molar-refractivity contribution in [1.29, 1.82) is 0 Å². The van der Waals surface area contributed by atoms with Crippen molar-refractivity contribution in [2.75, 3.05) is 13.7 Å². The second-order valence-corrected chi connectivity index (χ2v) is 9.68. The number of carbonyl (C=O) groups excluding carboxylic acids is 6. The Morgan fingerprint density at radius 3 is 1.81 bits per heavy atom. The number of ether oxygens (including phenoxy) is 10. The molecular weight excluding hydrogens is 582 g/mol. The summed E-state index contributed by atoms with van der Waals surface area (Å²) in [6.07, 6.45) is -12.8. The Hall–Kier alpha value is -3.83. The van der Waals surface area contributed by atoms with Gasteiger partial charge in [-0.2, -0.15) is 0 Å². The number of hydrogen-bond donors (Lipinski definition) is 0. The van der Waals surface area contributed by atoms with Crippen molar-refractivity contribution in [3.63, 3.8) is 0 Å². The minimum Gasteiger partial charge on any atom is -0.467 e. The van der Waals surface area contributed by atoms with E-state index in [9.17, 15) is 28.8 Å². The standard InChI is InChI=1S/C26H35NO16/c1-8-16-27-17-19(18(36-11(3)29)15(9-35-10(2)28)40-25(17)41-16)42-26-23(39-14(6)32)21(38-13(5)31)20(37-12(4)30)22(43-26)24(33)34-7/h15,17-23,25-26H,8-9H2,1-7H3/t15-,17-,18+,19-,20+,21+,22+,23-,25-,26-/m1/s1. The van der Waals surface area contributed by atoms with Gasteiger partial charge in [-0.3, -0.25) is 24.0 Å². The van der Waals surface area contributed by atoms with Crippen molar-refractivity contribution in [2.45, 2.75) is 109 Å². The average molecular weight is 618 g/mol. The van der Waals surface area contributed by atoms with Gasteiger partial charge in [-0.25, -0.2) is 9.79 Å². The van der Waals surface area contributed by atoms with Crippen LogP contribution in [0.1, 0.15) is 48.0 Å². The number of hydrogen-bond acceptors (Lipinski definition) is 17. The Balaban J connectivity index is 2.11. The van der Waals surface area contributed by atoms with Gasteiger partial charge in [0.1, 0.15) is 24.9 Å². The van der Waals surface area contributed by atoms with Gasteiger partial charge in [0.05, 0.1) is 7.11 Å². The topological polar surface area (TPSA) is 207 Å². The van der Waals surface area contributed by atoms with Crippen LogP contribution >= 0.6 is 0 Å². The van der Waals surface area contributed by atoms with Gasteiger partial charge in [0.2, 0.25) is 6.29 Å². The van der Waals surface area contributed by atoms with Crippen LogP contribution in [0.5, 0.6) is 0 Å². The third-order valence-corrected chi connectivity index (χ3v) is 6.34. The minimum atomic E-state index is -1.73. The van der Waals surface area contributed by atoms with E-state index in [1.807, 2.05) is 0 Å². The van der Waals surface area contributed by atoms with Crippen LogP contribution in [0.2, 0.25) is 0 Å². The highest BCUT2D eigenvalue weighted by atomic mass is 16.8. The molecule has 17 heteroatoms. The fourth-order valence-corrected chi connectivity index (χ4v) is 4.80. The number of nitrogens with zero attached hydrogens (tertiary/aromatic N) is 1. The van der Waals surface area contributed by atoms with E-state index in [1.165, 1.54) is 6.92 Å². The zero-order valence-corrected chi connectivity index (χ0v) is 24.7. The van der Waals surface area contributed by atoms with Gasteiger partial charge in [0.25, 0.3) is 0 Å². The molecule has 3 aliphatic heterocycles. The lowest BCUT2D eigenvalue weighted by atomic mass is 9.95. The Bertz CT molecular complexity index is 1120. The van der Waals surface area contributed by atoms with Gasteiger partial charge in [-0.1, -0.05) is 6.92 Å². The Morgan fingerprint density at radius 1 is 0.721 bits per heavy atom. The molecular formula is C26H35NO16. The van der Waals surface area contributed by atoms with Gasteiger partial charge in [-0.15, -0.1) is 0 Å². The highest BCUT2D eigenvalue weighted by Gasteiger charge is 2.59. The van der Waals surface area contributed by atoms with Crippen molar-refractivity contribution in [2.24, 2.45) is 4.99 Å². The lowest BCUT2D eigenvalue weighted by Gasteiger charge is -2.47. The number of esters is 6. The third-order valence-electron chi connectivity index (χ3n) is 6.34. The predicted octanol–water partition coefficient (Wildman–Crippen LogP) is -0.508. The molecule has 0 aromatic carbocycles. The van der Waals surface area contributed by atoms with Crippen LogP contribution in [-0.2, 0) is 76.1 Å². The second-order valence-electron chi connectivity index (χ2n) is 9.68. The van der Waals surface area contributed by atoms with Crippen molar-refractivity contribution < 1.29 is 76.1 Å². The summed E-state index contributed by atoms with van der Waals surface area (Å²) < 4.78 is 55.4. The van der Waals surface area contributed by atoms with E-state index in [4.69, 9.17) is 47.4 Å². The number of rotatable bonds is 10. The van der Waals surface area contributed by atoms with Gasteiger partial charge < -0.3 is 47.4 Å². The Morgan fingerprint density at radius 2 is 1.28 bits per heavy atom. The van der Waals surface area contributed by atoms with Crippen molar-refractivity contribution >= 4 is 41.7 Å². The van der Waals surface area contributed by atoms with Crippen molar-refractivity contribution in [1.82, 2.24) is 0 Å². The zero-order valence-electron chi connectivity index (χ0n) is 24.7. The van der Waals surface area contributed by atoms with Crippen LogP contribution in [-0.4, -0.2) is 117 Å². The number of methoxy groups -OCH3 is 1. The molecule has 0 saturated carbocycles. The van der Waals surface area contributed by atoms with Crippen LogP contribution in [0.25, 0.3) is 0 Å². The first kappa shape index (κ1) is 33.7. The molecule has 0 aromatic heterocycles. The molecule has 2 saturated heterocycles. The largest absolute Gasteiger partial charge is 0.467 e. The molecule has 17 nitrogen and oxygen atoms in total. The molecule has 0 unspecified atom stereocenters. The summed E-state index contributed by atoms with van der Waals surface area (Å²) in [5.41, 5.74) is 0. The molecule has 0 aliphatic carbocycles. The molecule has 0 amide bonds. The molecule has 3 heterocycles. The summed E-state index contributed by atoms with van der Waals surface area (Å²) in [4.78, 5) is 77.3. The SMILES string of the molecule is CCC1=N[C@H]2[C@@H](O1)O[C@H](COC(C)=O)[C@H](OC(C)=O)[C@@H]2O[C@@H]1O[C@H](C(=O)OC)[C@@H](OC(C)=O)[C@H](OC(C)=O)[C@H]1OC(C)=O. The van der Waals surface area contributed by atoms with E-state index in [-0.39, 0.29) is 12.5 Å². The molecule has 43 heavy (non-hydrogen) atoms. The fourth-order valence-electron chi connectivity index (χ4n) is 4.80. The summed E-state index contributed by atoms with van der Waals surface area (Å²) in [5, 5.41) is 0. The molecule has 10 atom stereocenters. The first-order valence-electron chi connectivity index (χ1n) is 13.3. The number of fused-ring (bicyclic) bond motifs is 1. The molecule has 0 aromatic rings. The predicted molar refractivity (Wildman–Crippen MR) is 136 cm³/mol. The summed E-state index contributed by atoms with van der Waals surface area (Å²) in [7, 11) is 1.04. The molecule has 3 aliphatic rings. The van der Waals surface area contributed by atoms with E-state index in [2.05, 4.69) is 4.99 Å². The first-order chi connectivity index (χ1) is 20.2. The number of aliphatic imine (C=N–C) groups is 1. The number of carbonyl (C=O) groups is 6. The summed E-state index contributed by atoms with van der Waals surface area (Å²) in [6, 6.07) is -0.996. The highest BCUT2D eigenvalue weighted by Crippen LogP contribution is 2.37. The van der Waals surface area contributed by atoms with Crippen LogP contribution in [0, 0.1) is 0 Å². The monoisotopic (exact) mass is 617 g/mol. The molecule has 0 bridgehead atoms. The van der Waals surface area contributed by atoms with Crippen LogP contribution < -0.4 is 0 Å². The molecule has 3 rings (SSSR count). The molecule has 240 valence electrons. The fraction of sp³-hybridized carbons (Fsp3) is 0.731. The summed E-state index contributed by atoms with van der Waals surface area (Å²) in [6.45, 7) is 6.84. The maximum atomic E-state index is 12.8.